The fraction of sp³-hybridized carbons (Fsp3) is 0.900. The molecule has 1 amide bonds. The number of carbonyl (C=O) groups excluding carboxylic acids is 1. The maximum Gasteiger partial charge on any atom is 0.410 e. The second-order valence-electron chi connectivity index (χ2n) is 8.44. The molecule has 2 fully saturated rings. The van der Waals surface area contributed by atoms with Crippen molar-refractivity contribution in [3.05, 3.63) is 0 Å². The molecule has 2 N–H and O–H groups in total. The Bertz CT molecular complexity index is 509. The molecule has 168 valence electrons. The topological polar surface area (TPSA) is 87.7 Å². The highest BCUT2D eigenvalue weighted by Crippen LogP contribution is 2.11. The van der Waals surface area contributed by atoms with Crippen molar-refractivity contribution in [2.45, 2.75) is 45.3 Å². The highest BCUT2D eigenvalue weighted by atomic mass is 16.6. The van der Waals surface area contributed by atoms with Gasteiger partial charge in [0.2, 0.25) is 0 Å². The van der Waals surface area contributed by atoms with Crippen LogP contribution < -0.4 is 10.6 Å². The summed E-state index contributed by atoms with van der Waals surface area (Å²) in [5.41, 5.74) is -0.446. The maximum absolute atomic E-state index is 12.1. The van der Waals surface area contributed by atoms with Crippen LogP contribution in [0.3, 0.4) is 0 Å². The number of carbonyl (C=O) groups is 1. The normalized spacial score (nSPS) is 21.3. The number of nitrogens with one attached hydrogen (secondary N) is 2. The van der Waals surface area contributed by atoms with Gasteiger partial charge >= 0.3 is 6.09 Å². The molecule has 1 atom stereocenters. The lowest BCUT2D eigenvalue weighted by Crippen LogP contribution is -2.51. The summed E-state index contributed by atoms with van der Waals surface area (Å²) in [7, 11) is 1.78. The fourth-order valence-corrected chi connectivity index (χ4v) is 3.21. The fourth-order valence-electron chi connectivity index (χ4n) is 3.21. The van der Waals surface area contributed by atoms with Gasteiger partial charge in [0.05, 0.1) is 12.7 Å². The smallest absolute Gasteiger partial charge is 0.410 e. The van der Waals surface area contributed by atoms with E-state index < -0.39 is 5.60 Å². The number of aliphatic imine (C=N–C) groups is 1. The Hall–Kier alpha value is -1.58. The lowest BCUT2D eigenvalue weighted by Gasteiger charge is -2.35. The van der Waals surface area contributed by atoms with Crippen LogP contribution in [0, 0.1) is 0 Å². The van der Waals surface area contributed by atoms with Crippen molar-refractivity contribution >= 4 is 12.1 Å². The Morgan fingerprint density at radius 3 is 2.52 bits per heavy atom. The van der Waals surface area contributed by atoms with Gasteiger partial charge in [0.25, 0.3) is 0 Å². The summed E-state index contributed by atoms with van der Waals surface area (Å²) in [4.78, 5) is 20.5. The Kier molecular flexibility index (Phi) is 9.96. The van der Waals surface area contributed by atoms with E-state index in [9.17, 15) is 4.79 Å². The van der Waals surface area contributed by atoms with Gasteiger partial charge in [0, 0.05) is 66.1 Å². The summed E-state index contributed by atoms with van der Waals surface area (Å²) < 4.78 is 16.5. The standard InChI is InChI=1S/C20H39N5O4/c1-20(2,3)29-19(26)25-12-10-24(11-13-25)9-8-23-18(21-4)22-7-5-14-28-17-6-15-27-16-17/h17H,5-16H2,1-4H3,(H2,21,22,23). The van der Waals surface area contributed by atoms with Crippen LogP contribution in [0.5, 0.6) is 0 Å². The molecule has 9 heteroatoms. The minimum atomic E-state index is -0.446. The summed E-state index contributed by atoms with van der Waals surface area (Å²) in [6, 6.07) is 0. The second-order valence-corrected chi connectivity index (χ2v) is 8.44. The van der Waals surface area contributed by atoms with Gasteiger partial charge in [-0.2, -0.15) is 0 Å². The molecular formula is C20H39N5O4. The van der Waals surface area contributed by atoms with E-state index in [0.717, 1.165) is 71.3 Å². The highest BCUT2D eigenvalue weighted by molar-refractivity contribution is 5.79. The van der Waals surface area contributed by atoms with Crippen molar-refractivity contribution < 1.29 is 19.0 Å². The Labute approximate surface area is 175 Å². The molecule has 0 aliphatic carbocycles. The lowest BCUT2D eigenvalue weighted by atomic mass is 10.2. The third-order valence-electron chi connectivity index (χ3n) is 4.82. The Balaban J connectivity index is 1.51. The number of guanidine groups is 1. The molecule has 0 aromatic rings. The molecule has 0 bridgehead atoms. The van der Waals surface area contributed by atoms with Gasteiger partial charge in [-0.05, 0) is 33.6 Å². The first kappa shape index (κ1) is 23.7. The molecule has 0 spiro atoms. The summed E-state index contributed by atoms with van der Waals surface area (Å²) in [6.45, 7) is 13.6. The summed E-state index contributed by atoms with van der Waals surface area (Å²) in [5.74, 6) is 0.807. The molecule has 9 nitrogen and oxygen atoms in total. The van der Waals surface area contributed by atoms with Crippen LogP contribution in [-0.4, -0.2) is 106 Å². The van der Waals surface area contributed by atoms with Gasteiger partial charge in [-0.3, -0.25) is 9.89 Å². The molecule has 2 saturated heterocycles. The van der Waals surface area contributed by atoms with Crippen molar-refractivity contribution in [3.8, 4) is 0 Å². The minimum Gasteiger partial charge on any atom is -0.444 e. The van der Waals surface area contributed by atoms with Crippen LogP contribution in [0.4, 0.5) is 4.79 Å². The van der Waals surface area contributed by atoms with Crippen LogP contribution in [0.15, 0.2) is 4.99 Å². The first-order chi connectivity index (χ1) is 13.9. The summed E-state index contributed by atoms with van der Waals surface area (Å²) in [6.07, 6.45) is 1.99. The van der Waals surface area contributed by atoms with E-state index in [1.807, 2.05) is 20.8 Å². The number of rotatable bonds is 8. The van der Waals surface area contributed by atoms with E-state index in [2.05, 4.69) is 20.5 Å². The molecule has 0 saturated carbocycles. The third kappa shape index (κ3) is 9.64. The van der Waals surface area contributed by atoms with E-state index >= 15 is 0 Å². The molecule has 2 rings (SSSR count). The summed E-state index contributed by atoms with van der Waals surface area (Å²) >= 11 is 0. The first-order valence-electron chi connectivity index (χ1n) is 10.7. The third-order valence-corrected chi connectivity index (χ3v) is 4.82. The average molecular weight is 414 g/mol. The SMILES string of the molecule is CN=C(NCCCOC1CCOC1)NCCN1CCN(C(=O)OC(C)(C)C)CC1. The van der Waals surface area contributed by atoms with Crippen molar-refractivity contribution in [2.24, 2.45) is 4.99 Å². The van der Waals surface area contributed by atoms with Crippen LogP contribution in [0.1, 0.15) is 33.6 Å². The molecule has 0 aromatic heterocycles. The average Bonchev–Trinajstić information content (AvgIpc) is 3.19. The zero-order valence-corrected chi connectivity index (χ0v) is 18.5. The van der Waals surface area contributed by atoms with Crippen LogP contribution >= 0.6 is 0 Å². The molecule has 1 unspecified atom stereocenters. The molecule has 0 aromatic carbocycles. The number of hydrogen-bond donors (Lipinski definition) is 2. The molecule has 0 radical (unpaired) electrons. The van der Waals surface area contributed by atoms with Gasteiger partial charge in [-0.15, -0.1) is 0 Å². The van der Waals surface area contributed by atoms with E-state index in [-0.39, 0.29) is 12.2 Å². The first-order valence-corrected chi connectivity index (χ1v) is 10.7. The summed E-state index contributed by atoms with van der Waals surface area (Å²) in [5, 5.41) is 6.66. The molecule has 2 aliphatic heterocycles. The number of amides is 1. The van der Waals surface area contributed by atoms with Gasteiger partial charge in [0.1, 0.15) is 5.60 Å². The van der Waals surface area contributed by atoms with Gasteiger partial charge in [-0.25, -0.2) is 4.79 Å². The zero-order valence-electron chi connectivity index (χ0n) is 18.5. The molecule has 2 heterocycles. The zero-order chi connectivity index (χ0) is 21.1. The number of nitrogens with zero attached hydrogens (tertiary/aromatic N) is 3. The van der Waals surface area contributed by atoms with E-state index in [0.29, 0.717) is 13.1 Å². The van der Waals surface area contributed by atoms with E-state index in [1.165, 1.54) is 0 Å². The molecule has 2 aliphatic rings. The van der Waals surface area contributed by atoms with Crippen LogP contribution in [0.25, 0.3) is 0 Å². The van der Waals surface area contributed by atoms with E-state index in [4.69, 9.17) is 14.2 Å². The molecule has 29 heavy (non-hydrogen) atoms. The van der Waals surface area contributed by atoms with Crippen molar-refractivity contribution in [3.63, 3.8) is 0 Å². The maximum atomic E-state index is 12.1. The van der Waals surface area contributed by atoms with Gasteiger partial charge in [0.15, 0.2) is 5.96 Å². The van der Waals surface area contributed by atoms with Crippen LogP contribution in [0.2, 0.25) is 0 Å². The predicted octanol–water partition coefficient (Wildman–Crippen LogP) is 0.900. The predicted molar refractivity (Wildman–Crippen MR) is 113 cm³/mol. The Morgan fingerprint density at radius 2 is 1.90 bits per heavy atom. The number of ether oxygens (including phenoxy) is 3. The lowest BCUT2D eigenvalue weighted by molar-refractivity contribution is 0.0147. The highest BCUT2D eigenvalue weighted by Gasteiger charge is 2.25. The van der Waals surface area contributed by atoms with Crippen molar-refractivity contribution in [1.82, 2.24) is 20.4 Å². The van der Waals surface area contributed by atoms with E-state index in [1.54, 1.807) is 11.9 Å². The largest absolute Gasteiger partial charge is 0.444 e. The monoisotopic (exact) mass is 413 g/mol. The number of hydrogen-bond acceptors (Lipinski definition) is 6. The van der Waals surface area contributed by atoms with Gasteiger partial charge in [-0.1, -0.05) is 0 Å². The van der Waals surface area contributed by atoms with Crippen molar-refractivity contribution in [1.29, 1.82) is 0 Å². The van der Waals surface area contributed by atoms with Crippen molar-refractivity contribution in [2.75, 3.05) is 72.7 Å². The van der Waals surface area contributed by atoms with Crippen LogP contribution in [-0.2, 0) is 14.2 Å². The van der Waals surface area contributed by atoms with Gasteiger partial charge < -0.3 is 29.7 Å². The number of piperazine rings is 1. The quantitative estimate of drug-likeness (QED) is 0.347. The Morgan fingerprint density at radius 1 is 1.17 bits per heavy atom. The molecular weight excluding hydrogens is 374 g/mol. The second kappa shape index (κ2) is 12.2. The minimum absolute atomic E-state index is 0.218.